The van der Waals surface area contributed by atoms with Crippen molar-refractivity contribution in [3.05, 3.63) is 22.4 Å². The Morgan fingerprint density at radius 1 is 1.86 bits per heavy atom. The zero-order chi connectivity index (χ0) is 5.11. The Bertz CT molecular complexity index is 123. The van der Waals surface area contributed by atoms with Crippen molar-refractivity contribution in [3.8, 4) is 0 Å². The van der Waals surface area contributed by atoms with Crippen molar-refractivity contribution in [1.29, 1.82) is 0 Å². The first-order valence-corrected chi connectivity index (χ1v) is 2.86. The highest BCUT2D eigenvalue weighted by molar-refractivity contribution is 7.09. The first-order valence-electron chi connectivity index (χ1n) is 1.98. The smallest absolute Gasteiger partial charge is 0.0774 e. The second-order valence-corrected chi connectivity index (χ2v) is 2.17. The van der Waals surface area contributed by atoms with Gasteiger partial charge in [0.1, 0.15) is 0 Å². The van der Waals surface area contributed by atoms with E-state index in [9.17, 15) is 0 Å². The van der Waals surface area contributed by atoms with Crippen molar-refractivity contribution < 1.29 is 5.11 Å². The fourth-order valence-corrected chi connectivity index (χ4v) is 0.852. The Labute approximate surface area is 46.2 Å². The molecule has 0 aliphatic carbocycles. The highest BCUT2D eigenvalue weighted by Crippen LogP contribution is 2.05. The second-order valence-electron chi connectivity index (χ2n) is 1.17. The minimum absolute atomic E-state index is 0.147. The highest BCUT2D eigenvalue weighted by Gasteiger charge is 1.84. The van der Waals surface area contributed by atoms with Crippen LogP contribution in [-0.4, -0.2) is 5.11 Å². The van der Waals surface area contributed by atoms with Gasteiger partial charge in [0.2, 0.25) is 0 Å². The van der Waals surface area contributed by atoms with Gasteiger partial charge in [-0.3, -0.25) is 0 Å². The lowest BCUT2D eigenvalue weighted by atomic mass is 10.5. The molecule has 0 aromatic carbocycles. The average molecular weight is 113 g/mol. The molecule has 0 unspecified atom stereocenters. The molecule has 0 atom stereocenters. The zero-order valence-corrected chi connectivity index (χ0v) is 4.53. The van der Waals surface area contributed by atoms with E-state index in [1.807, 2.05) is 5.38 Å². The highest BCUT2D eigenvalue weighted by atomic mass is 32.1. The Kier molecular flexibility index (Phi) is 1.44. The summed E-state index contributed by atoms with van der Waals surface area (Å²) >= 11 is 1.52. The van der Waals surface area contributed by atoms with E-state index in [0.29, 0.717) is 0 Å². The van der Waals surface area contributed by atoms with Gasteiger partial charge in [-0.1, -0.05) is 0 Å². The molecular weight excluding hydrogens is 108 g/mol. The van der Waals surface area contributed by atoms with Gasteiger partial charge in [0.05, 0.1) is 6.61 Å². The lowest BCUT2D eigenvalue weighted by molar-refractivity contribution is 0.285. The molecule has 0 spiro atoms. The number of thiophene rings is 1. The first kappa shape index (κ1) is 4.81. The molecule has 1 nitrogen and oxygen atoms in total. The van der Waals surface area contributed by atoms with E-state index in [2.05, 4.69) is 6.07 Å². The van der Waals surface area contributed by atoms with Crippen LogP contribution in [0.1, 0.15) is 4.88 Å². The Morgan fingerprint density at radius 3 is 3.00 bits per heavy atom. The van der Waals surface area contributed by atoms with Crippen LogP contribution >= 0.6 is 11.3 Å². The summed E-state index contributed by atoms with van der Waals surface area (Å²) in [5.74, 6) is 0. The summed E-state index contributed by atoms with van der Waals surface area (Å²) in [6.45, 7) is 0.147. The van der Waals surface area contributed by atoms with Crippen LogP contribution in [-0.2, 0) is 6.61 Å². The Balaban J connectivity index is 2.76. The van der Waals surface area contributed by atoms with Crippen LogP contribution in [0.25, 0.3) is 0 Å². The molecule has 0 fully saturated rings. The van der Waals surface area contributed by atoms with Crippen molar-refractivity contribution in [2.75, 3.05) is 0 Å². The van der Waals surface area contributed by atoms with Gasteiger partial charge in [0.15, 0.2) is 0 Å². The fraction of sp³-hybridized carbons (Fsp3) is 0.200. The maximum absolute atomic E-state index is 8.42. The number of aliphatic hydroxyl groups is 1. The molecule has 0 bridgehead atoms. The zero-order valence-electron chi connectivity index (χ0n) is 3.72. The summed E-state index contributed by atoms with van der Waals surface area (Å²) in [6, 6.07) is 4.62. The predicted molar refractivity (Wildman–Crippen MR) is 29.1 cm³/mol. The maximum Gasteiger partial charge on any atom is 0.0774 e. The molecule has 0 saturated carbocycles. The summed E-state index contributed by atoms with van der Waals surface area (Å²) in [6.07, 6.45) is 0. The van der Waals surface area contributed by atoms with Crippen LogP contribution in [0.3, 0.4) is 0 Å². The second kappa shape index (κ2) is 2.09. The average Bonchev–Trinajstić information content (AvgIpc) is 2.14. The summed E-state index contributed by atoms with van der Waals surface area (Å²) in [5, 5.41) is 10.2. The molecular formula is C5H5OS. The number of hydrogen-bond acceptors (Lipinski definition) is 2. The van der Waals surface area contributed by atoms with Crippen LogP contribution in [0.5, 0.6) is 0 Å². The Hall–Kier alpha value is -0.340. The summed E-state index contributed by atoms with van der Waals surface area (Å²) < 4.78 is 0. The van der Waals surface area contributed by atoms with E-state index < -0.39 is 0 Å². The molecule has 0 amide bonds. The van der Waals surface area contributed by atoms with E-state index in [0.717, 1.165) is 4.88 Å². The molecule has 0 aliphatic heterocycles. The van der Waals surface area contributed by atoms with Crippen molar-refractivity contribution in [1.82, 2.24) is 0 Å². The van der Waals surface area contributed by atoms with E-state index in [4.69, 9.17) is 5.11 Å². The normalized spacial score (nSPS) is 9.29. The molecule has 1 N–H and O–H groups in total. The molecule has 1 radical (unpaired) electrons. The number of aliphatic hydroxyl groups excluding tert-OH is 1. The third-order valence-electron chi connectivity index (χ3n) is 0.678. The summed E-state index contributed by atoms with van der Waals surface area (Å²) in [4.78, 5) is 0.972. The SMILES string of the molecule is OCc1c[c]cs1. The largest absolute Gasteiger partial charge is 0.391 e. The van der Waals surface area contributed by atoms with Gasteiger partial charge in [0.25, 0.3) is 0 Å². The fourth-order valence-electron chi connectivity index (χ4n) is 0.354. The van der Waals surface area contributed by atoms with Crippen molar-refractivity contribution in [2.45, 2.75) is 6.61 Å². The van der Waals surface area contributed by atoms with Gasteiger partial charge in [-0.15, -0.1) is 11.3 Å². The van der Waals surface area contributed by atoms with E-state index >= 15 is 0 Å². The van der Waals surface area contributed by atoms with Gasteiger partial charge < -0.3 is 5.11 Å². The van der Waals surface area contributed by atoms with Crippen LogP contribution in [0.15, 0.2) is 11.4 Å². The van der Waals surface area contributed by atoms with E-state index in [1.54, 1.807) is 6.07 Å². The third-order valence-corrected chi connectivity index (χ3v) is 1.48. The number of rotatable bonds is 1. The monoisotopic (exact) mass is 113 g/mol. The molecule has 0 aliphatic rings. The number of hydrogen-bond donors (Lipinski definition) is 1. The van der Waals surface area contributed by atoms with Gasteiger partial charge in [-0.2, -0.15) is 0 Å². The third kappa shape index (κ3) is 1.01. The van der Waals surface area contributed by atoms with Gasteiger partial charge in [0, 0.05) is 4.88 Å². The van der Waals surface area contributed by atoms with Gasteiger partial charge >= 0.3 is 0 Å². The molecule has 1 rings (SSSR count). The summed E-state index contributed by atoms with van der Waals surface area (Å²) in [5.41, 5.74) is 0. The lowest BCUT2D eigenvalue weighted by Crippen LogP contribution is -1.69. The standard InChI is InChI=1S/C5H5OS/c6-4-5-2-1-3-7-5/h2-3,6H,4H2. The van der Waals surface area contributed by atoms with Gasteiger partial charge in [-0.25, -0.2) is 0 Å². The predicted octanol–water partition coefficient (Wildman–Crippen LogP) is 1.04. The maximum atomic E-state index is 8.42. The first-order chi connectivity index (χ1) is 3.43. The van der Waals surface area contributed by atoms with Crippen LogP contribution in [0.2, 0.25) is 0 Å². The molecule has 1 aromatic heterocycles. The molecule has 7 heavy (non-hydrogen) atoms. The quantitative estimate of drug-likeness (QED) is 0.577. The molecule has 1 heterocycles. The van der Waals surface area contributed by atoms with E-state index in [1.165, 1.54) is 11.3 Å². The van der Waals surface area contributed by atoms with E-state index in [-0.39, 0.29) is 6.61 Å². The Morgan fingerprint density at radius 2 is 2.71 bits per heavy atom. The van der Waals surface area contributed by atoms with Crippen LogP contribution in [0.4, 0.5) is 0 Å². The molecule has 37 valence electrons. The lowest BCUT2D eigenvalue weighted by Gasteiger charge is -1.78. The molecule has 2 heteroatoms. The summed E-state index contributed by atoms with van der Waals surface area (Å²) in [7, 11) is 0. The van der Waals surface area contributed by atoms with Crippen molar-refractivity contribution >= 4 is 11.3 Å². The van der Waals surface area contributed by atoms with Gasteiger partial charge in [-0.05, 0) is 17.5 Å². The molecule has 0 saturated heterocycles. The van der Waals surface area contributed by atoms with Crippen molar-refractivity contribution in [3.63, 3.8) is 0 Å². The van der Waals surface area contributed by atoms with Crippen LogP contribution in [0, 0.1) is 6.07 Å². The minimum Gasteiger partial charge on any atom is -0.391 e. The topological polar surface area (TPSA) is 20.2 Å². The molecule has 1 aromatic rings. The minimum atomic E-state index is 0.147. The van der Waals surface area contributed by atoms with Crippen LogP contribution < -0.4 is 0 Å². The van der Waals surface area contributed by atoms with Crippen molar-refractivity contribution in [2.24, 2.45) is 0 Å².